The maximum atomic E-state index is 11.8. The molecule has 2 amide bonds. The molecule has 3 N–H and O–H groups in total. The summed E-state index contributed by atoms with van der Waals surface area (Å²) in [5.41, 5.74) is 8.11. The van der Waals surface area contributed by atoms with Crippen LogP contribution in [0, 0.1) is 6.92 Å². The summed E-state index contributed by atoms with van der Waals surface area (Å²) in [5, 5.41) is 2.83. The van der Waals surface area contributed by atoms with E-state index < -0.39 is 5.91 Å². The number of nitrogens with two attached hydrogens (primary N) is 1. The third-order valence-electron chi connectivity index (χ3n) is 3.28. The number of hydrogen-bond donors (Lipinski definition) is 2. The molecule has 24 heavy (non-hydrogen) atoms. The molecule has 5 nitrogen and oxygen atoms in total. The summed E-state index contributed by atoms with van der Waals surface area (Å²) in [7, 11) is 0. The predicted octanol–water partition coefficient (Wildman–Crippen LogP) is 2.19. The second kappa shape index (κ2) is 8.53. The van der Waals surface area contributed by atoms with E-state index in [9.17, 15) is 9.59 Å². The van der Waals surface area contributed by atoms with Crippen molar-refractivity contribution in [1.29, 1.82) is 0 Å². The van der Waals surface area contributed by atoms with Gasteiger partial charge in [0.1, 0.15) is 5.75 Å². The highest BCUT2D eigenvalue weighted by atomic mass is 16.5. The fourth-order valence-electron chi connectivity index (χ4n) is 1.96. The zero-order valence-corrected chi connectivity index (χ0v) is 13.5. The second-order valence-electron chi connectivity index (χ2n) is 5.36. The first-order valence-electron chi connectivity index (χ1n) is 7.55. The first-order chi connectivity index (χ1) is 11.5. The Balaban J connectivity index is 1.82. The first kappa shape index (κ1) is 17.3. The van der Waals surface area contributed by atoms with E-state index in [0.717, 1.165) is 11.1 Å². The van der Waals surface area contributed by atoms with Crippen molar-refractivity contribution < 1.29 is 14.3 Å². The molecule has 0 saturated carbocycles. The molecule has 2 aromatic rings. The van der Waals surface area contributed by atoms with Gasteiger partial charge in [-0.25, -0.2) is 0 Å². The number of nitrogens with one attached hydrogen (secondary N) is 1. The Morgan fingerprint density at radius 3 is 2.38 bits per heavy atom. The number of rotatable bonds is 7. The lowest BCUT2D eigenvalue weighted by molar-refractivity contribution is -0.120. The van der Waals surface area contributed by atoms with Crippen molar-refractivity contribution in [2.75, 3.05) is 6.61 Å². The third-order valence-corrected chi connectivity index (χ3v) is 3.28. The number of ether oxygens (including phenoxy) is 1. The van der Waals surface area contributed by atoms with Gasteiger partial charge in [-0.1, -0.05) is 42.0 Å². The highest BCUT2D eigenvalue weighted by Crippen LogP contribution is 2.13. The molecule has 5 heteroatoms. The highest BCUT2D eigenvalue weighted by molar-refractivity contribution is 5.91. The molecule has 0 atom stereocenters. The number of primary amides is 1. The average Bonchev–Trinajstić information content (AvgIpc) is 2.58. The molecule has 0 radical (unpaired) electrons. The van der Waals surface area contributed by atoms with E-state index in [1.807, 2.05) is 31.2 Å². The number of amides is 2. The number of benzene rings is 2. The first-order valence-corrected chi connectivity index (χ1v) is 7.55. The summed E-state index contributed by atoms with van der Waals surface area (Å²) >= 11 is 0. The van der Waals surface area contributed by atoms with Crippen molar-refractivity contribution in [3.63, 3.8) is 0 Å². The summed E-state index contributed by atoms with van der Waals surface area (Å²) < 4.78 is 5.17. The number of carbonyl (C=O) groups excluding carboxylic acids is 2. The van der Waals surface area contributed by atoms with Crippen LogP contribution in [0.2, 0.25) is 0 Å². The topological polar surface area (TPSA) is 81.4 Å². The quantitative estimate of drug-likeness (QED) is 0.766. The van der Waals surface area contributed by atoms with Crippen LogP contribution in [-0.2, 0) is 16.1 Å². The number of carbonyl (C=O) groups is 2. The Bertz CT molecular complexity index is 719. The maximum Gasteiger partial charge on any atom is 0.255 e. The molecule has 0 aliphatic heterocycles. The van der Waals surface area contributed by atoms with Crippen LogP contribution in [0.4, 0.5) is 0 Å². The lowest BCUT2D eigenvalue weighted by atomic mass is 10.1. The minimum absolute atomic E-state index is 0.156. The van der Waals surface area contributed by atoms with Gasteiger partial charge in [-0.2, -0.15) is 0 Å². The zero-order valence-electron chi connectivity index (χ0n) is 13.5. The van der Waals surface area contributed by atoms with Gasteiger partial charge < -0.3 is 15.8 Å². The lowest BCUT2D eigenvalue weighted by Crippen LogP contribution is -2.20. The van der Waals surface area contributed by atoms with Gasteiger partial charge in [0.2, 0.25) is 5.91 Å². The molecule has 124 valence electrons. The molecule has 0 aliphatic rings. The monoisotopic (exact) mass is 324 g/mol. The SMILES string of the molecule is Cc1ccc(CNC(=O)/C=C/c2ccc(OCC(N)=O)cc2)cc1. The van der Waals surface area contributed by atoms with Gasteiger partial charge >= 0.3 is 0 Å². The van der Waals surface area contributed by atoms with Crippen LogP contribution in [0.5, 0.6) is 5.75 Å². The van der Waals surface area contributed by atoms with Gasteiger partial charge in [-0.05, 0) is 36.3 Å². The van der Waals surface area contributed by atoms with Crippen molar-refractivity contribution in [1.82, 2.24) is 5.32 Å². The number of hydrogen-bond acceptors (Lipinski definition) is 3. The molecule has 2 rings (SSSR count). The van der Waals surface area contributed by atoms with Crippen LogP contribution >= 0.6 is 0 Å². The van der Waals surface area contributed by atoms with Crippen molar-refractivity contribution in [2.45, 2.75) is 13.5 Å². The molecule has 0 heterocycles. The Kier molecular flexibility index (Phi) is 6.14. The van der Waals surface area contributed by atoms with Crippen molar-refractivity contribution >= 4 is 17.9 Å². The molecule has 2 aromatic carbocycles. The van der Waals surface area contributed by atoms with E-state index in [1.54, 1.807) is 30.3 Å². The van der Waals surface area contributed by atoms with E-state index >= 15 is 0 Å². The summed E-state index contributed by atoms with van der Waals surface area (Å²) in [4.78, 5) is 22.5. The Morgan fingerprint density at radius 2 is 1.75 bits per heavy atom. The molecule has 0 bridgehead atoms. The zero-order chi connectivity index (χ0) is 17.4. The van der Waals surface area contributed by atoms with Crippen molar-refractivity contribution in [3.05, 3.63) is 71.3 Å². The molecule has 0 aliphatic carbocycles. The number of aryl methyl sites for hydroxylation is 1. The molecule has 0 fully saturated rings. The van der Waals surface area contributed by atoms with Crippen LogP contribution in [0.3, 0.4) is 0 Å². The Hall–Kier alpha value is -3.08. The fourth-order valence-corrected chi connectivity index (χ4v) is 1.96. The van der Waals surface area contributed by atoms with Gasteiger partial charge in [0, 0.05) is 12.6 Å². The van der Waals surface area contributed by atoms with Crippen molar-refractivity contribution in [2.24, 2.45) is 5.73 Å². The van der Waals surface area contributed by atoms with Crippen LogP contribution in [0.25, 0.3) is 6.08 Å². The largest absolute Gasteiger partial charge is 0.484 e. The second-order valence-corrected chi connectivity index (χ2v) is 5.36. The predicted molar refractivity (Wildman–Crippen MR) is 93.2 cm³/mol. The molecule has 0 unspecified atom stereocenters. The van der Waals surface area contributed by atoms with Gasteiger partial charge in [0.25, 0.3) is 5.91 Å². The minimum atomic E-state index is -0.524. The minimum Gasteiger partial charge on any atom is -0.484 e. The van der Waals surface area contributed by atoms with Gasteiger partial charge in [0.05, 0.1) is 0 Å². The van der Waals surface area contributed by atoms with E-state index in [-0.39, 0.29) is 12.5 Å². The van der Waals surface area contributed by atoms with Gasteiger partial charge in [-0.3, -0.25) is 9.59 Å². The summed E-state index contributed by atoms with van der Waals surface area (Å²) in [6.07, 6.45) is 3.19. The van der Waals surface area contributed by atoms with Crippen LogP contribution in [0.1, 0.15) is 16.7 Å². The van der Waals surface area contributed by atoms with Crippen molar-refractivity contribution in [3.8, 4) is 5.75 Å². The Morgan fingerprint density at radius 1 is 1.08 bits per heavy atom. The average molecular weight is 324 g/mol. The lowest BCUT2D eigenvalue weighted by Gasteiger charge is -2.04. The molecular weight excluding hydrogens is 304 g/mol. The normalized spacial score (nSPS) is 10.5. The van der Waals surface area contributed by atoms with E-state index in [0.29, 0.717) is 12.3 Å². The molecule has 0 spiro atoms. The molecular formula is C19H20N2O3. The fraction of sp³-hybridized carbons (Fsp3) is 0.158. The van der Waals surface area contributed by atoms with E-state index in [4.69, 9.17) is 10.5 Å². The summed E-state index contributed by atoms with van der Waals surface area (Å²) in [6.45, 7) is 2.36. The summed E-state index contributed by atoms with van der Waals surface area (Å²) in [5.74, 6) is -0.136. The maximum absolute atomic E-state index is 11.8. The van der Waals surface area contributed by atoms with Gasteiger partial charge in [0.15, 0.2) is 6.61 Å². The van der Waals surface area contributed by atoms with Crippen LogP contribution in [0.15, 0.2) is 54.6 Å². The smallest absolute Gasteiger partial charge is 0.255 e. The standard InChI is InChI=1S/C19H20N2O3/c1-14-2-4-16(5-3-14)12-21-19(23)11-8-15-6-9-17(10-7-15)24-13-18(20)22/h2-11H,12-13H2,1H3,(H2,20,22)(H,21,23)/b11-8+. The van der Waals surface area contributed by atoms with Crippen LogP contribution in [-0.4, -0.2) is 18.4 Å². The summed E-state index contributed by atoms with van der Waals surface area (Å²) in [6, 6.07) is 15.0. The third kappa shape index (κ3) is 5.96. The van der Waals surface area contributed by atoms with Gasteiger partial charge in [-0.15, -0.1) is 0 Å². The highest BCUT2D eigenvalue weighted by Gasteiger charge is 1.99. The van der Waals surface area contributed by atoms with E-state index in [1.165, 1.54) is 11.6 Å². The molecule has 0 saturated heterocycles. The van der Waals surface area contributed by atoms with Crippen LogP contribution < -0.4 is 15.8 Å². The Labute approximate surface area is 141 Å². The molecule has 0 aromatic heterocycles. The van der Waals surface area contributed by atoms with E-state index in [2.05, 4.69) is 5.32 Å².